The number of anilines is 1. The van der Waals surface area contributed by atoms with E-state index in [0.717, 1.165) is 0 Å². The second kappa shape index (κ2) is 6.31. The summed E-state index contributed by atoms with van der Waals surface area (Å²) in [6.07, 6.45) is -1.34. The number of aliphatic hydroxyl groups is 1. The monoisotopic (exact) mass is 297 g/mol. The van der Waals surface area contributed by atoms with Crippen molar-refractivity contribution in [1.82, 2.24) is 0 Å². The van der Waals surface area contributed by atoms with Crippen LogP contribution in [-0.4, -0.2) is 28.8 Å². The van der Waals surface area contributed by atoms with E-state index in [1.807, 2.05) is 0 Å². The predicted molar refractivity (Wildman–Crippen MR) is 68.2 cm³/mol. The molecule has 0 saturated heterocycles. The number of nitrogens with one attached hydrogen (secondary N) is 1. The SMILES string of the molecule is O=C(O)CC(O)CNc1cc(Cl)c(Cl)cc1Cl. The third-order valence-electron chi connectivity index (χ3n) is 1.95. The number of halogens is 3. The maximum Gasteiger partial charge on any atom is 0.306 e. The van der Waals surface area contributed by atoms with Crippen molar-refractivity contribution < 1.29 is 15.0 Å². The molecule has 1 atom stereocenters. The highest BCUT2D eigenvalue weighted by molar-refractivity contribution is 6.44. The Morgan fingerprint density at radius 1 is 1.24 bits per heavy atom. The summed E-state index contributed by atoms with van der Waals surface area (Å²) < 4.78 is 0. The molecule has 0 radical (unpaired) electrons. The highest BCUT2D eigenvalue weighted by Crippen LogP contribution is 2.32. The van der Waals surface area contributed by atoms with Crippen molar-refractivity contribution in [3.05, 3.63) is 27.2 Å². The zero-order valence-electron chi connectivity index (χ0n) is 8.58. The fraction of sp³-hybridized carbons (Fsp3) is 0.300. The fourth-order valence-electron chi connectivity index (χ4n) is 1.16. The molecule has 4 nitrogen and oxygen atoms in total. The van der Waals surface area contributed by atoms with Gasteiger partial charge in [0.25, 0.3) is 0 Å². The summed E-state index contributed by atoms with van der Waals surface area (Å²) in [4.78, 5) is 10.3. The Bertz CT molecular complexity index is 426. The molecular weight excluding hydrogens is 288 g/mol. The van der Waals surface area contributed by atoms with E-state index in [1.165, 1.54) is 12.1 Å². The van der Waals surface area contributed by atoms with E-state index in [4.69, 9.17) is 39.9 Å². The van der Waals surface area contributed by atoms with E-state index in [2.05, 4.69) is 5.32 Å². The zero-order valence-corrected chi connectivity index (χ0v) is 10.9. The Labute approximate surface area is 113 Å². The van der Waals surface area contributed by atoms with Crippen LogP contribution in [0, 0.1) is 0 Å². The third-order valence-corrected chi connectivity index (χ3v) is 2.98. The summed E-state index contributed by atoms with van der Waals surface area (Å²) in [6.45, 7) is 0.0595. The molecule has 0 saturated carbocycles. The maximum absolute atomic E-state index is 10.3. The normalized spacial score (nSPS) is 12.2. The van der Waals surface area contributed by atoms with Crippen LogP contribution in [-0.2, 0) is 4.79 Å². The Morgan fingerprint density at radius 2 is 1.82 bits per heavy atom. The van der Waals surface area contributed by atoms with E-state index in [-0.39, 0.29) is 13.0 Å². The Hall–Kier alpha value is -0.680. The molecule has 0 amide bonds. The standard InChI is InChI=1S/C10H10Cl3NO3/c11-6-2-8(13)9(3-7(6)12)14-4-5(15)1-10(16)17/h2-3,5,14-15H,1,4H2,(H,16,17). The van der Waals surface area contributed by atoms with Crippen LogP contribution in [0.4, 0.5) is 5.69 Å². The zero-order chi connectivity index (χ0) is 13.0. The van der Waals surface area contributed by atoms with E-state index in [9.17, 15) is 9.90 Å². The summed E-state index contributed by atoms with van der Waals surface area (Å²) in [7, 11) is 0. The van der Waals surface area contributed by atoms with Gasteiger partial charge in [0.2, 0.25) is 0 Å². The van der Waals surface area contributed by atoms with Crippen LogP contribution in [0.5, 0.6) is 0 Å². The van der Waals surface area contributed by atoms with Gasteiger partial charge in [0, 0.05) is 6.54 Å². The van der Waals surface area contributed by atoms with Crippen molar-refractivity contribution >= 4 is 46.5 Å². The van der Waals surface area contributed by atoms with Crippen LogP contribution in [0.1, 0.15) is 6.42 Å². The molecule has 0 aliphatic carbocycles. The molecule has 0 aliphatic rings. The van der Waals surface area contributed by atoms with E-state index in [0.29, 0.717) is 20.8 Å². The number of carboxylic acid groups (broad SMARTS) is 1. The van der Waals surface area contributed by atoms with E-state index >= 15 is 0 Å². The lowest BCUT2D eigenvalue weighted by atomic mass is 10.2. The molecule has 3 N–H and O–H groups in total. The minimum absolute atomic E-state index is 0.0595. The Morgan fingerprint density at radius 3 is 2.41 bits per heavy atom. The number of carboxylic acids is 1. The third kappa shape index (κ3) is 4.60. The molecule has 0 fully saturated rings. The van der Waals surface area contributed by atoms with Crippen LogP contribution in [0.3, 0.4) is 0 Å². The molecule has 0 spiro atoms. The summed E-state index contributed by atoms with van der Waals surface area (Å²) in [6, 6.07) is 2.98. The van der Waals surface area contributed by atoms with Crippen molar-refractivity contribution in [1.29, 1.82) is 0 Å². The van der Waals surface area contributed by atoms with Gasteiger partial charge in [-0.1, -0.05) is 34.8 Å². The minimum Gasteiger partial charge on any atom is -0.481 e. The lowest BCUT2D eigenvalue weighted by molar-refractivity contribution is -0.138. The van der Waals surface area contributed by atoms with Crippen molar-refractivity contribution in [2.75, 3.05) is 11.9 Å². The average Bonchev–Trinajstić information content (AvgIpc) is 2.20. The number of hydrogen-bond donors (Lipinski definition) is 3. The summed E-state index contributed by atoms with van der Waals surface area (Å²) in [5, 5.41) is 21.6. The van der Waals surface area contributed by atoms with Gasteiger partial charge in [0.05, 0.1) is 33.3 Å². The van der Waals surface area contributed by atoms with Gasteiger partial charge >= 0.3 is 5.97 Å². The van der Waals surface area contributed by atoms with Gasteiger partial charge in [-0.05, 0) is 12.1 Å². The highest BCUT2D eigenvalue weighted by atomic mass is 35.5. The molecule has 1 aromatic carbocycles. The number of benzene rings is 1. The largest absolute Gasteiger partial charge is 0.481 e. The van der Waals surface area contributed by atoms with Gasteiger partial charge in [0.15, 0.2) is 0 Å². The molecule has 17 heavy (non-hydrogen) atoms. The lowest BCUT2D eigenvalue weighted by Gasteiger charge is -2.12. The molecule has 1 aromatic rings. The number of aliphatic hydroxyl groups excluding tert-OH is 1. The summed E-state index contributed by atoms with van der Waals surface area (Å²) >= 11 is 17.4. The van der Waals surface area contributed by atoms with Gasteiger partial charge in [-0.15, -0.1) is 0 Å². The minimum atomic E-state index is -1.07. The molecule has 1 unspecified atom stereocenters. The van der Waals surface area contributed by atoms with Crippen LogP contribution in [0.15, 0.2) is 12.1 Å². The van der Waals surface area contributed by atoms with Gasteiger partial charge in [-0.3, -0.25) is 4.79 Å². The maximum atomic E-state index is 10.3. The predicted octanol–water partition coefficient (Wildman–Crippen LogP) is 2.89. The average molecular weight is 299 g/mol. The number of hydrogen-bond acceptors (Lipinski definition) is 3. The molecule has 7 heteroatoms. The van der Waals surface area contributed by atoms with Gasteiger partial charge in [0.1, 0.15) is 0 Å². The highest BCUT2D eigenvalue weighted by Gasteiger charge is 2.11. The van der Waals surface area contributed by atoms with Crippen LogP contribution in [0.2, 0.25) is 15.1 Å². The molecule has 0 aliphatic heterocycles. The molecule has 0 aromatic heterocycles. The molecule has 0 bridgehead atoms. The molecule has 0 heterocycles. The van der Waals surface area contributed by atoms with Gasteiger partial charge < -0.3 is 15.5 Å². The molecule has 1 rings (SSSR count). The fourth-order valence-corrected chi connectivity index (χ4v) is 1.77. The Kier molecular flexibility index (Phi) is 5.33. The van der Waals surface area contributed by atoms with Crippen LogP contribution >= 0.6 is 34.8 Å². The first-order valence-electron chi connectivity index (χ1n) is 4.68. The van der Waals surface area contributed by atoms with Crippen molar-refractivity contribution in [3.63, 3.8) is 0 Å². The first-order chi connectivity index (χ1) is 7.90. The Balaban J connectivity index is 2.63. The number of aliphatic carboxylic acids is 1. The second-order valence-electron chi connectivity index (χ2n) is 3.38. The summed E-state index contributed by atoms with van der Waals surface area (Å²) in [5.41, 5.74) is 0.491. The van der Waals surface area contributed by atoms with Crippen molar-refractivity contribution in [2.24, 2.45) is 0 Å². The van der Waals surface area contributed by atoms with Crippen LogP contribution in [0.25, 0.3) is 0 Å². The number of carbonyl (C=O) groups is 1. The first-order valence-corrected chi connectivity index (χ1v) is 5.82. The van der Waals surface area contributed by atoms with E-state index < -0.39 is 12.1 Å². The van der Waals surface area contributed by atoms with Gasteiger partial charge in [-0.25, -0.2) is 0 Å². The molecule has 94 valence electrons. The summed E-state index contributed by atoms with van der Waals surface area (Å²) in [5.74, 6) is -1.07. The van der Waals surface area contributed by atoms with Gasteiger partial charge in [-0.2, -0.15) is 0 Å². The smallest absolute Gasteiger partial charge is 0.306 e. The first kappa shape index (κ1) is 14.4. The van der Waals surface area contributed by atoms with Crippen LogP contribution < -0.4 is 5.32 Å². The topological polar surface area (TPSA) is 69.6 Å². The quantitative estimate of drug-likeness (QED) is 0.731. The molecular formula is C10H10Cl3NO3. The second-order valence-corrected chi connectivity index (χ2v) is 4.60. The van der Waals surface area contributed by atoms with Crippen molar-refractivity contribution in [2.45, 2.75) is 12.5 Å². The van der Waals surface area contributed by atoms with E-state index in [1.54, 1.807) is 0 Å². The number of rotatable bonds is 5. The van der Waals surface area contributed by atoms with Crippen molar-refractivity contribution in [3.8, 4) is 0 Å². The lowest BCUT2D eigenvalue weighted by Crippen LogP contribution is -2.22.